The molecule has 0 aromatic heterocycles. The van der Waals surface area contributed by atoms with E-state index in [0.29, 0.717) is 23.9 Å². The van der Waals surface area contributed by atoms with E-state index in [1.807, 2.05) is 33.3 Å². The Morgan fingerprint density at radius 3 is 1.30 bits per heavy atom. The van der Waals surface area contributed by atoms with Crippen molar-refractivity contribution in [2.75, 3.05) is 40.9 Å². The van der Waals surface area contributed by atoms with Crippen molar-refractivity contribution in [3.63, 3.8) is 0 Å². The van der Waals surface area contributed by atoms with Crippen molar-refractivity contribution in [2.24, 2.45) is 0 Å². The Labute approximate surface area is 454 Å². The van der Waals surface area contributed by atoms with Crippen LogP contribution in [-0.2, 0) is 27.9 Å². The van der Waals surface area contributed by atoms with Gasteiger partial charge in [-0.2, -0.15) is 0 Å². The summed E-state index contributed by atoms with van der Waals surface area (Å²) in [6, 6.07) is -0.927. The van der Waals surface area contributed by atoms with Gasteiger partial charge in [0.2, 0.25) is 5.91 Å². The van der Waals surface area contributed by atoms with Crippen LogP contribution in [-0.4, -0.2) is 69.4 Å². The summed E-state index contributed by atoms with van der Waals surface area (Å²) in [5.74, 6) is -0.625. The average molecular weight is 1050 g/mol. The van der Waals surface area contributed by atoms with Gasteiger partial charge >= 0.3 is 5.97 Å². The number of hydrogen-bond acceptors (Lipinski definition) is 7. The molecule has 0 bridgehead atoms. The van der Waals surface area contributed by atoms with Crippen molar-refractivity contribution in [2.45, 2.75) is 232 Å². The first-order chi connectivity index (χ1) is 35.9. The van der Waals surface area contributed by atoms with Gasteiger partial charge in [-0.05, 0) is 115 Å². The van der Waals surface area contributed by atoms with Crippen LogP contribution in [0.3, 0.4) is 0 Å². The zero-order valence-corrected chi connectivity index (χ0v) is 48.9. The van der Waals surface area contributed by atoms with E-state index < -0.39 is 26.6 Å². The molecule has 0 heterocycles. The molecule has 0 aliphatic heterocycles. The molecule has 0 radical (unpaired) electrons. The van der Waals surface area contributed by atoms with Gasteiger partial charge in [0.15, 0.2) is 0 Å². The molecule has 74 heavy (non-hydrogen) atoms. The molecule has 1 amide bonds. The van der Waals surface area contributed by atoms with Gasteiger partial charge in [-0.25, -0.2) is 0 Å². The number of unbranched alkanes of at least 4 members (excludes halogenated alkanes) is 17. The molecule has 3 unspecified atom stereocenters. The fourth-order valence-electron chi connectivity index (χ4n) is 7.65. The minimum absolute atomic E-state index is 0.0411. The molecule has 0 saturated heterocycles. The second-order valence-corrected chi connectivity index (χ2v) is 21.8. The summed E-state index contributed by atoms with van der Waals surface area (Å²) in [6.07, 6.45) is 73.1. The molecule has 0 rings (SSSR count). The molecule has 0 fully saturated rings. The highest BCUT2D eigenvalue weighted by atomic mass is 31.2. The number of ether oxygens (including phenoxy) is 1. The van der Waals surface area contributed by atoms with Crippen LogP contribution in [0.2, 0.25) is 0 Å². The number of esters is 1. The number of amides is 1. The second-order valence-electron chi connectivity index (χ2n) is 20.4. The minimum atomic E-state index is -4.72. The number of hydrogen-bond donors (Lipinski definition) is 1. The molecule has 0 spiro atoms. The maximum atomic E-state index is 13.5. The Morgan fingerprint density at radius 2 is 0.865 bits per heavy atom. The zero-order valence-electron chi connectivity index (χ0n) is 48.0. The first kappa shape index (κ1) is 70.4. The van der Waals surface area contributed by atoms with E-state index in [0.717, 1.165) is 116 Å². The summed E-state index contributed by atoms with van der Waals surface area (Å²) < 4.78 is 30.2. The van der Waals surface area contributed by atoms with Crippen LogP contribution in [0.25, 0.3) is 0 Å². The third kappa shape index (κ3) is 53.2. The van der Waals surface area contributed by atoms with Gasteiger partial charge in [-0.1, -0.05) is 213 Å². The maximum Gasteiger partial charge on any atom is 0.306 e. The number of phosphoric ester groups is 1. The average Bonchev–Trinajstić information content (AvgIpc) is 3.36. The van der Waals surface area contributed by atoms with Crippen LogP contribution in [0.1, 0.15) is 220 Å². The lowest BCUT2D eigenvalue weighted by Gasteiger charge is -2.30. The monoisotopic (exact) mass is 1050 g/mol. The fourth-order valence-corrected chi connectivity index (χ4v) is 8.38. The number of nitrogens with zero attached hydrogens (tertiary/aromatic N) is 1. The van der Waals surface area contributed by atoms with Crippen LogP contribution in [0.15, 0.2) is 122 Å². The Bertz CT molecular complexity index is 1680. The van der Waals surface area contributed by atoms with Gasteiger partial charge in [0.05, 0.1) is 33.8 Å². The Balaban J connectivity index is 5.48. The first-order valence-electron chi connectivity index (χ1n) is 29.3. The molecule has 0 aliphatic rings. The quantitative estimate of drug-likeness (QED) is 0.0212. The van der Waals surface area contributed by atoms with Gasteiger partial charge in [-0.3, -0.25) is 14.2 Å². The summed E-state index contributed by atoms with van der Waals surface area (Å²) >= 11 is 0. The number of quaternary nitrogens is 1. The van der Waals surface area contributed by atoms with Crippen molar-refractivity contribution in [1.29, 1.82) is 0 Å². The lowest BCUT2D eigenvalue weighted by molar-refractivity contribution is -0.870. The van der Waals surface area contributed by atoms with Crippen LogP contribution < -0.4 is 10.2 Å². The number of phosphoric acid groups is 1. The molecular formula is C64H109N2O7P. The Hall–Kier alpha value is -3.59. The Morgan fingerprint density at radius 1 is 0.486 bits per heavy atom. The van der Waals surface area contributed by atoms with E-state index in [4.69, 9.17) is 13.8 Å². The van der Waals surface area contributed by atoms with E-state index in [1.165, 1.54) is 57.8 Å². The van der Waals surface area contributed by atoms with Crippen LogP contribution in [0.5, 0.6) is 0 Å². The molecule has 422 valence electrons. The summed E-state index contributed by atoms with van der Waals surface area (Å²) in [7, 11) is 1.12. The van der Waals surface area contributed by atoms with Gasteiger partial charge in [-0.15, -0.1) is 0 Å². The number of allylic oxidation sites excluding steroid dienone is 19. The number of likely N-dealkylation sites (N-methyl/N-ethyl adjacent to an activating group) is 1. The molecule has 3 atom stereocenters. The van der Waals surface area contributed by atoms with E-state index in [2.05, 4.69) is 135 Å². The van der Waals surface area contributed by atoms with Crippen molar-refractivity contribution in [3.8, 4) is 0 Å². The van der Waals surface area contributed by atoms with E-state index in [-0.39, 0.29) is 31.3 Å². The highest BCUT2D eigenvalue weighted by Crippen LogP contribution is 2.38. The summed E-state index contributed by atoms with van der Waals surface area (Å²) in [4.78, 5) is 39.9. The lowest BCUT2D eigenvalue weighted by atomic mass is 10.0. The minimum Gasteiger partial charge on any atom is -0.756 e. The zero-order chi connectivity index (χ0) is 54.3. The van der Waals surface area contributed by atoms with Crippen molar-refractivity contribution >= 4 is 19.7 Å². The van der Waals surface area contributed by atoms with Crippen molar-refractivity contribution in [1.82, 2.24) is 5.32 Å². The molecule has 0 saturated carbocycles. The summed E-state index contributed by atoms with van der Waals surface area (Å²) in [6.45, 7) is 6.54. The smallest absolute Gasteiger partial charge is 0.306 e. The second kappa shape index (κ2) is 52.8. The molecule has 0 aromatic rings. The maximum absolute atomic E-state index is 13.5. The third-order valence-electron chi connectivity index (χ3n) is 12.1. The van der Waals surface area contributed by atoms with Crippen molar-refractivity contribution in [3.05, 3.63) is 122 Å². The number of rotatable bonds is 51. The van der Waals surface area contributed by atoms with Crippen LogP contribution >= 0.6 is 7.82 Å². The van der Waals surface area contributed by atoms with Gasteiger partial charge in [0.1, 0.15) is 19.3 Å². The standard InChI is InChI=1S/C64H109N2O7P/c1-7-10-13-16-19-22-25-28-30-32-33-34-36-39-42-45-48-51-54-57-64(68)73-62(55-52-49-46-43-40-37-27-24-21-18-15-12-9-3)61(60-72-74(69,70)71-59-58-66(4,5)6)65-63(67)56-53-50-47-44-41-38-35-31-29-26-23-20-17-14-11-8-2/h10-11,13-14,19-20,22-23,28-31,33-34,38-39,41-42,52,55,61-62H,7-9,12,15-18,21,24-27,32,35-37,40,43-51,53-54,56-60H2,1-6H3,(H-,65,67,69,70)/b13-10-,14-11+,22-19-,23-20+,30-28-,31-29+,34-33-,41-38+,42-39-,55-52+. The molecule has 10 heteroatoms. The molecule has 1 N–H and O–H groups in total. The third-order valence-corrected chi connectivity index (χ3v) is 13.1. The number of carbonyl (C=O) groups excluding carboxylic acids is 2. The molecule has 0 aromatic carbocycles. The number of nitrogens with one attached hydrogen (secondary N) is 1. The van der Waals surface area contributed by atoms with Crippen LogP contribution in [0.4, 0.5) is 0 Å². The SMILES string of the molecule is CC/C=C\C/C=C\C/C=C\C/C=C\C/C=C\CCCCCC(=O)OC(/C=C/CCCCCCCCCCCCC)C(COP(=O)([O-])OCC[N+](C)(C)C)NC(=O)CCCCC/C=C/C/C=C/C/C=C/C/C=C/CC. The molecule has 9 nitrogen and oxygen atoms in total. The number of carbonyl (C=O) groups is 2. The topological polar surface area (TPSA) is 114 Å². The van der Waals surface area contributed by atoms with E-state index in [9.17, 15) is 19.0 Å². The highest BCUT2D eigenvalue weighted by molar-refractivity contribution is 7.45. The summed E-state index contributed by atoms with van der Waals surface area (Å²) in [5.41, 5.74) is 0. The Kier molecular flexibility index (Phi) is 50.3. The summed E-state index contributed by atoms with van der Waals surface area (Å²) in [5, 5.41) is 2.99. The van der Waals surface area contributed by atoms with E-state index >= 15 is 0 Å². The van der Waals surface area contributed by atoms with Gasteiger partial charge in [0.25, 0.3) is 7.82 Å². The van der Waals surface area contributed by atoms with Crippen LogP contribution in [0, 0.1) is 0 Å². The lowest BCUT2D eigenvalue weighted by Crippen LogP contribution is -2.47. The first-order valence-corrected chi connectivity index (χ1v) is 30.8. The molecule has 0 aliphatic carbocycles. The predicted octanol–water partition coefficient (Wildman–Crippen LogP) is 17.3. The molecular weight excluding hydrogens is 940 g/mol. The van der Waals surface area contributed by atoms with Gasteiger partial charge < -0.3 is 28.5 Å². The van der Waals surface area contributed by atoms with Crippen molar-refractivity contribution < 1.29 is 37.3 Å². The van der Waals surface area contributed by atoms with Gasteiger partial charge in [0, 0.05) is 12.8 Å². The fraction of sp³-hybridized carbons (Fsp3) is 0.656. The largest absolute Gasteiger partial charge is 0.756 e. The van der Waals surface area contributed by atoms with E-state index in [1.54, 1.807) is 0 Å². The highest BCUT2D eigenvalue weighted by Gasteiger charge is 2.27. The normalized spacial score (nSPS) is 14.6. The predicted molar refractivity (Wildman–Crippen MR) is 316 cm³/mol.